The molecule has 0 bridgehead atoms. The molecule has 0 nitrogen and oxygen atoms in total. The Bertz CT molecular complexity index is 557. The minimum atomic E-state index is 1.30. The molecule has 0 fully saturated rings. The molecule has 0 aliphatic rings. The highest BCUT2D eigenvalue weighted by Gasteiger charge is 2.09. The molecule has 0 aliphatic carbocycles. The summed E-state index contributed by atoms with van der Waals surface area (Å²) in [5, 5.41) is 0. The summed E-state index contributed by atoms with van der Waals surface area (Å²) in [6.07, 6.45) is 36.7. The van der Waals surface area contributed by atoms with Crippen molar-refractivity contribution in [3.05, 3.63) is 34.9 Å². The van der Waals surface area contributed by atoms with Gasteiger partial charge in [0.15, 0.2) is 0 Å². The molecule has 0 saturated heterocycles. The molecule has 0 heteroatoms. The van der Waals surface area contributed by atoms with Crippen molar-refractivity contribution < 1.29 is 0 Å². The summed E-state index contributed by atoms with van der Waals surface area (Å²) in [7, 11) is 0. The molecule has 0 atom stereocenters. The Kier molecular flexibility index (Phi) is 22.9. The third kappa shape index (κ3) is 18.2. The summed E-state index contributed by atoms with van der Waals surface area (Å²) in [6.45, 7) is 6.95. The number of hydrogen-bond donors (Lipinski definition) is 0. The molecule has 0 spiro atoms. The highest BCUT2D eigenvalue weighted by molar-refractivity contribution is 5.36. The van der Waals surface area contributed by atoms with Crippen molar-refractivity contribution in [2.75, 3.05) is 0 Å². The monoisotopic (exact) mass is 485 g/mol. The van der Waals surface area contributed by atoms with Crippen LogP contribution in [0.2, 0.25) is 0 Å². The van der Waals surface area contributed by atoms with Gasteiger partial charge in [-0.3, -0.25) is 0 Å². The average molecular weight is 485 g/mol. The molecule has 0 radical (unpaired) electrons. The van der Waals surface area contributed by atoms with Gasteiger partial charge in [-0.25, -0.2) is 0 Å². The molecule has 0 aliphatic heterocycles. The molecule has 0 aromatic heterocycles. The number of unbranched alkanes of at least 4 members (excludes halogenated alkanes) is 20. The first-order valence-electron chi connectivity index (χ1n) is 16.4. The van der Waals surface area contributed by atoms with Crippen molar-refractivity contribution in [1.82, 2.24) is 0 Å². The lowest BCUT2D eigenvalue weighted by molar-refractivity contribution is 0.552. The van der Waals surface area contributed by atoms with Gasteiger partial charge in [-0.05, 0) is 55.2 Å². The lowest BCUT2D eigenvalue weighted by atomic mass is 9.90. The third-order valence-electron chi connectivity index (χ3n) is 8.00. The SMILES string of the molecule is CCCCCCCCCCCCc1cccc(CCCCC)c1CCCCCCCCCCCC. The first-order valence-corrected chi connectivity index (χ1v) is 16.4. The number of hydrogen-bond acceptors (Lipinski definition) is 0. The van der Waals surface area contributed by atoms with E-state index in [0.717, 1.165) is 0 Å². The second-order valence-corrected chi connectivity index (χ2v) is 11.4. The number of benzene rings is 1. The summed E-state index contributed by atoms with van der Waals surface area (Å²) < 4.78 is 0. The molecule has 0 saturated carbocycles. The van der Waals surface area contributed by atoms with E-state index in [1.165, 1.54) is 167 Å². The van der Waals surface area contributed by atoms with E-state index in [9.17, 15) is 0 Å². The predicted octanol–water partition coefficient (Wildman–Crippen LogP) is 12.3. The lowest BCUT2D eigenvalue weighted by Gasteiger charge is -2.16. The van der Waals surface area contributed by atoms with Gasteiger partial charge in [0, 0.05) is 0 Å². The summed E-state index contributed by atoms with van der Waals surface area (Å²) >= 11 is 0. The van der Waals surface area contributed by atoms with E-state index in [0.29, 0.717) is 0 Å². The van der Waals surface area contributed by atoms with Gasteiger partial charge in [-0.2, -0.15) is 0 Å². The Hall–Kier alpha value is -0.780. The first kappa shape index (κ1) is 32.2. The van der Waals surface area contributed by atoms with Gasteiger partial charge >= 0.3 is 0 Å². The number of aryl methyl sites for hydroxylation is 2. The van der Waals surface area contributed by atoms with E-state index in [4.69, 9.17) is 0 Å². The van der Waals surface area contributed by atoms with Crippen LogP contribution in [0.1, 0.15) is 185 Å². The van der Waals surface area contributed by atoms with Crippen LogP contribution in [-0.4, -0.2) is 0 Å². The minimum Gasteiger partial charge on any atom is -0.0654 e. The Morgan fingerprint density at radius 2 is 0.629 bits per heavy atom. The molecule has 0 heterocycles. The van der Waals surface area contributed by atoms with E-state index < -0.39 is 0 Å². The van der Waals surface area contributed by atoms with E-state index in [2.05, 4.69) is 39.0 Å². The second kappa shape index (κ2) is 24.9. The number of rotatable bonds is 26. The molecule has 0 amide bonds. The van der Waals surface area contributed by atoms with Crippen molar-refractivity contribution in [1.29, 1.82) is 0 Å². The van der Waals surface area contributed by atoms with Gasteiger partial charge < -0.3 is 0 Å². The maximum atomic E-state index is 2.46. The molecule has 0 N–H and O–H groups in total. The van der Waals surface area contributed by atoms with Crippen molar-refractivity contribution in [3.63, 3.8) is 0 Å². The normalized spacial score (nSPS) is 11.4. The molecular formula is C35H64. The van der Waals surface area contributed by atoms with Crippen LogP contribution in [0.15, 0.2) is 18.2 Å². The summed E-state index contributed by atoms with van der Waals surface area (Å²) in [5.74, 6) is 0. The van der Waals surface area contributed by atoms with E-state index in [1.54, 1.807) is 16.7 Å². The Morgan fingerprint density at radius 3 is 1.03 bits per heavy atom. The van der Waals surface area contributed by atoms with Crippen molar-refractivity contribution in [2.24, 2.45) is 0 Å². The van der Waals surface area contributed by atoms with Crippen LogP contribution in [-0.2, 0) is 19.3 Å². The molecule has 0 unspecified atom stereocenters. The third-order valence-corrected chi connectivity index (χ3v) is 8.00. The van der Waals surface area contributed by atoms with Gasteiger partial charge in [0.05, 0.1) is 0 Å². The molecule has 204 valence electrons. The highest BCUT2D eigenvalue weighted by Crippen LogP contribution is 2.23. The summed E-state index contributed by atoms with van der Waals surface area (Å²) in [6, 6.07) is 7.26. The van der Waals surface area contributed by atoms with Crippen LogP contribution in [0.3, 0.4) is 0 Å². The van der Waals surface area contributed by atoms with E-state index in [-0.39, 0.29) is 0 Å². The topological polar surface area (TPSA) is 0 Å². The van der Waals surface area contributed by atoms with Gasteiger partial charge in [0.1, 0.15) is 0 Å². The maximum absolute atomic E-state index is 2.46. The fourth-order valence-corrected chi connectivity index (χ4v) is 5.63. The molecule has 1 aromatic rings. The molecule has 1 rings (SSSR count). The second-order valence-electron chi connectivity index (χ2n) is 11.4. The molecule has 35 heavy (non-hydrogen) atoms. The lowest BCUT2D eigenvalue weighted by Crippen LogP contribution is -2.02. The Balaban J connectivity index is 2.35. The van der Waals surface area contributed by atoms with Crippen molar-refractivity contribution in [3.8, 4) is 0 Å². The van der Waals surface area contributed by atoms with Gasteiger partial charge in [-0.15, -0.1) is 0 Å². The van der Waals surface area contributed by atoms with Gasteiger partial charge in [0.2, 0.25) is 0 Å². The Labute approximate surface area is 222 Å². The van der Waals surface area contributed by atoms with Crippen LogP contribution >= 0.6 is 0 Å². The maximum Gasteiger partial charge on any atom is -0.0273 e. The zero-order chi connectivity index (χ0) is 25.2. The highest BCUT2D eigenvalue weighted by atomic mass is 14.1. The van der Waals surface area contributed by atoms with Crippen molar-refractivity contribution >= 4 is 0 Å². The largest absolute Gasteiger partial charge is 0.0654 e. The quantitative estimate of drug-likeness (QED) is 0.115. The summed E-state index contributed by atoms with van der Waals surface area (Å²) in [4.78, 5) is 0. The zero-order valence-electron chi connectivity index (χ0n) is 24.6. The van der Waals surface area contributed by atoms with Gasteiger partial charge in [0.25, 0.3) is 0 Å². The first-order chi connectivity index (χ1) is 17.3. The molecular weight excluding hydrogens is 420 g/mol. The fraction of sp³-hybridized carbons (Fsp3) is 0.829. The molecule has 1 aromatic carbocycles. The average Bonchev–Trinajstić information content (AvgIpc) is 2.87. The summed E-state index contributed by atoms with van der Waals surface area (Å²) in [5.41, 5.74) is 5.12. The van der Waals surface area contributed by atoms with Crippen LogP contribution in [0, 0.1) is 0 Å². The van der Waals surface area contributed by atoms with Gasteiger partial charge in [-0.1, -0.05) is 167 Å². The fourth-order valence-electron chi connectivity index (χ4n) is 5.63. The standard InChI is InChI=1S/C35H64/c1-4-7-10-12-14-16-18-20-22-25-29-34-31-27-30-33(28-24-9-6-3)35(34)32-26-23-21-19-17-15-13-11-8-5-2/h27,30-31H,4-26,28-29,32H2,1-3H3. The van der Waals surface area contributed by atoms with Crippen molar-refractivity contribution in [2.45, 2.75) is 188 Å². The minimum absolute atomic E-state index is 1.30. The van der Waals surface area contributed by atoms with E-state index >= 15 is 0 Å². The van der Waals surface area contributed by atoms with Crippen LogP contribution in [0.5, 0.6) is 0 Å². The Morgan fingerprint density at radius 1 is 0.343 bits per heavy atom. The zero-order valence-corrected chi connectivity index (χ0v) is 24.6. The van der Waals surface area contributed by atoms with Crippen LogP contribution in [0.4, 0.5) is 0 Å². The van der Waals surface area contributed by atoms with Crippen LogP contribution < -0.4 is 0 Å². The van der Waals surface area contributed by atoms with Crippen LogP contribution in [0.25, 0.3) is 0 Å². The smallest absolute Gasteiger partial charge is 0.0273 e. The predicted molar refractivity (Wildman–Crippen MR) is 161 cm³/mol. The van der Waals surface area contributed by atoms with E-state index in [1.807, 2.05) is 0 Å².